The number of carbonyl (C=O) groups is 1. The number of H-pyrrole nitrogens is 1. The van der Waals surface area contributed by atoms with Gasteiger partial charge in [-0.15, -0.1) is 0 Å². The van der Waals surface area contributed by atoms with E-state index in [9.17, 15) is 9.00 Å². The van der Waals surface area contributed by atoms with Gasteiger partial charge in [0, 0.05) is 34.9 Å². The standard InChI is InChI=1S/C9H16N4O2S/c1-6(16(2)15)3-4-11-9(14)7-5-8(10)13-12-7/h5-6H,3-4H2,1-2H3,(H,11,14)(H3,10,12,13). The molecule has 90 valence electrons. The number of nitrogens with two attached hydrogens (primary N) is 1. The van der Waals surface area contributed by atoms with Crippen molar-refractivity contribution < 1.29 is 9.00 Å². The maximum Gasteiger partial charge on any atom is 0.269 e. The molecule has 0 aliphatic heterocycles. The Morgan fingerprint density at radius 2 is 2.44 bits per heavy atom. The second kappa shape index (κ2) is 5.64. The van der Waals surface area contributed by atoms with Gasteiger partial charge >= 0.3 is 0 Å². The van der Waals surface area contributed by atoms with Gasteiger partial charge in [-0.1, -0.05) is 6.92 Å². The molecule has 1 aromatic rings. The number of amides is 1. The summed E-state index contributed by atoms with van der Waals surface area (Å²) in [7, 11) is -0.857. The quantitative estimate of drug-likeness (QED) is 0.672. The number of hydrogen-bond acceptors (Lipinski definition) is 4. The molecule has 0 saturated heterocycles. The fourth-order valence-corrected chi connectivity index (χ4v) is 1.55. The minimum atomic E-state index is -0.857. The lowest BCUT2D eigenvalue weighted by Crippen LogP contribution is -2.27. The van der Waals surface area contributed by atoms with Crippen LogP contribution in [0.25, 0.3) is 0 Å². The van der Waals surface area contributed by atoms with E-state index in [0.29, 0.717) is 18.7 Å². The van der Waals surface area contributed by atoms with Gasteiger partial charge in [0.1, 0.15) is 11.5 Å². The SMILES string of the molecule is CC(CCNC(=O)c1cc(N)n[nH]1)S(C)=O. The van der Waals surface area contributed by atoms with E-state index in [-0.39, 0.29) is 17.0 Å². The number of carbonyl (C=O) groups excluding carboxylic acids is 1. The van der Waals surface area contributed by atoms with Crippen LogP contribution < -0.4 is 11.1 Å². The van der Waals surface area contributed by atoms with E-state index in [1.807, 2.05) is 6.92 Å². The van der Waals surface area contributed by atoms with E-state index >= 15 is 0 Å². The summed E-state index contributed by atoms with van der Waals surface area (Å²) in [5.41, 5.74) is 5.71. The minimum absolute atomic E-state index is 0.0761. The van der Waals surface area contributed by atoms with E-state index in [1.54, 1.807) is 6.26 Å². The molecule has 0 aliphatic carbocycles. The third kappa shape index (κ3) is 3.65. The maximum absolute atomic E-state index is 11.5. The van der Waals surface area contributed by atoms with Crippen molar-refractivity contribution in [2.75, 3.05) is 18.5 Å². The molecule has 1 amide bonds. The van der Waals surface area contributed by atoms with Crippen LogP contribution >= 0.6 is 0 Å². The van der Waals surface area contributed by atoms with E-state index in [1.165, 1.54) is 6.07 Å². The Labute approximate surface area is 96.4 Å². The number of rotatable bonds is 5. The lowest BCUT2D eigenvalue weighted by atomic mass is 10.3. The molecule has 0 spiro atoms. The maximum atomic E-state index is 11.5. The second-order valence-electron chi connectivity index (χ2n) is 3.56. The van der Waals surface area contributed by atoms with Gasteiger partial charge in [-0.25, -0.2) is 0 Å². The molecule has 6 nitrogen and oxygen atoms in total. The molecule has 4 N–H and O–H groups in total. The van der Waals surface area contributed by atoms with Crippen LogP contribution in [0.2, 0.25) is 0 Å². The first-order valence-corrected chi connectivity index (χ1v) is 6.54. The topological polar surface area (TPSA) is 101 Å². The Morgan fingerprint density at radius 3 is 2.94 bits per heavy atom. The van der Waals surface area contributed by atoms with E-state index in [4.69, 9.17) is 5.73 Å². The normalized spacial score (nSPS) is 14.4. The Morgan fingerprint density at radius 1 is 1.75 bits per heavy atom. The van der Waals surface area contributed by atoms with Crippen LogP contribution in [0.1, 0.15) is 23.8 Å². The van der Waals surface area contributed by atoms with Gasteiger partial charge in [-0.2, -0.15) is 5.10 Å². The van der Waals surface area contributed by atoms with Crippen molar-refractivity contribution in [3.63, 3.8) is 0 Å². The summed E-state index contributed by atoms with van der Waals surface area (Å²) in [4.78, 5) is 11.5. The molecular formula is C9H16N4O2S. The average Bonchev–Trinajstić information content (AvgIpc) is 2.64. The number of nitrogen functional groups attached to an aromatic ring is 1. The van der Waals surface area contributed by atoms with Gasteiger partial charge in [0.25, 0.3) is 5.91 Å². The van der Waals surface area contributed by atoms with Crippen LogP contribution in [0, 0.1) is 0 Å². The number of hydrogen-bond donors (Lipinski definition) is 3. The molecule has 2 atom stereocenters. The van der Waals surface area contributed by atoms with Gasteiger partial charge in [-0.3, -0.25) is 14.1 Å². The number of aromatic amines is 1. The highest BCUT2D eigenvalue weighted by Gasteiger charge is 2.10. The molecule has 0 bridgehead atoms. The highest BCUT2D eigenvalue weighted by Crippen LogP contribution is 2.01. The van der Waals surface area contributed by atoms with Crippen molar-refractivity contribution in [2.24, 2.45) is 0 Å². The number of nitrogens with zero attached hydrogens (tertiary/aromatic N) is 1. The lowest BCUT2D eigenvalue weighted by molar-refractivity contribution is 0.0948. The van der Waals surface area contributed by atoms with Gasteiger partial charge < -0.3 is 11.1 Å². The van der Waals surface area contributed by atoms with Gasteiger partial charge in [0.15, 0.2) is 0 Å². The molecule has 1 rings (SSSR count). The lowest BCUT2D eigenvalue weighted by Gasteiger charge is -2.08. The summed E-state index contributed by atoms with van der Waals surface area (Å²) in [6.45, 7) is 2.37. The van der Waals surface area contributed by atoms with E-state index in [2.05, 4.69) is 15.5 Å². The Hall–Kier alpha value is -1.37. The summed E-state index contributed by atoms with van der Waals surface area (Å²) in [6.07, 6.45) is 2.33. The van der Waals surface area contributed by atoms with Crippen molar-refractivity contribution in [3.05, 3.63) is 11.8 Å². The molecule has 0 radical (unpaired) electrons. The van der Waals surface area contributed by atoms with Crippen molar-refractivity contribution in [1.29, 1.82) is 0 Å². The van der Waals surface area contributed by atoms with Crippen LogP contribution in [0.5, 0.6) is 0 Å². The monoisotopic (exact) mass is 244 g/mol. The van der Waals surface area contributed by atoms with Gasteiger partial charge in [-0.05, 0) is 6.42 Å². The smallest absolute Gasteiger partial charge is 0.269 e. The molecular weight excluding hydrogens is 228 g/mol. The first-order chi connectivity index (χ1) is 7.50. The molecule has 0 fully saturated rings. The average molecular weight is 244 g/mol. The van der Waals surface area contributed by atoms with Crippen LogP contribution in [0.4, 0.5) is 5.82 Å². The Bertz CT molecular complexity index is 391. The van der Waals surface area contributed by atoms with Crippen molar-refractivity contribution in [1.82, 2.24) is 15.5 Å². The largest absolute Gasteiger partial charge is 0.382 e. The number of aromatic nitrogens is 2. The summed E-state index contributed by atoms with van der Waals surface area (Å²) in [6, 6.07) is 1.47. The molecule has 7 heteroatoms. The summed E-state index contributed by atoms with van der Waals surface area (Å²) in [5.74, 6) is 0.0338. The third-order valence-electron chi connectivity index (χ3n) is 2.25. The molecule has 1 heterocycles. The van der Waals surface area contributed by atoms with Crippen LogP contribution in [0.15, 0.2) is 6.07 Å². The second-order valence-corrected chi connectivity index (χ2v) is 5.36. The zero-order chi connectivity index (χ0) is 12.1. The van der Waals surface area contributed by atoms with Crippen LogP contribution in [-0.2, 0) is 10.8 Å². The summed E-state index contributed by atoms with van der Waals surface area (Å²) >= 11 is 0. The number of anilines is 1. The molecule has 0 aromatic carbocycles. The molecule has 16 heavy (non-hydrogen) atoms. The third-order valence-corrected chi connectivity index (χ3v) is 3.61. The van der Waals surface area contributed by atoms with Gasteiger partial charge in [0.2, 0.25) is 0 Å². The summed E-state index contributed by atoms with van der Waals surface area (Å²) in [5, 5.41) is 8.95. The molecule has 0 saturated carbocycles. The first-order valence-electron chi connectivity index (χ1n) is 4.92. The predicted octanol–water partition coefficient (Wildman–Crippen LogP) is -0.121. The first kappa shape index (κ1) is 12.7. The van der Waals surface area contributed by atoms with E-state index in [0.717, 1.165) is 0 Å². The molecule has 2 unspecified atom stereocenters. The number of nitrogens with one attached hydrogen (secondary N) is 2. The highest BCUT2D eigenvalue weighted by molar-refractivity contribution is 7.84. The Balaban J connectivity index is 2.34. The van der Waals surface area contributed by atoms with E-state index < -0.39 is 10.8 Å². The van der Waals surface area contributed by atoms with Crippen molar-refractivity contribution >= 4 is 22.5 Å². The summed E-state index contributed by atoms with van der Waals surface area (Å²) < 4.78 is 11.1. The van der Waals surface area contributed by atoms with Crippen LogP contribution in [0.3, 0.4) is 0 Å². The van der Waals surface area contributed by atoms with Gasteiger partial charge in [0.05, 0.1) is 0 Å². The molecule has 0 aliphatic rings. The zero-order valence-electron chi connectivity index (χ0n) is 9.32. The zero-order valence-corrected chi connectivity index (χ0v) is 10.1. The highest BCUT2D eigenvalue weighted by atomic mass is 32.2. The fraction of sp³-hybridized carbons (Fsp3) is 0.556. The Kier molecular flexibility index (Phi) is 4.48. The molecule has 1 aromatic heterocycles. The van der Waals surface area contributed by atoms with Crippen molar-refractivity contribution in [3.8, 4) is 0 Å². The van der Waals surface area contributed by atoms with Crippen molar-refractivity contribution in [2.45, 2.75) is 18.6 Å². The van der Waals surface area contributed by atoms with Crippen LogP contribution in [-0.4, -0.2) is 38.4 Å². The predicted molar refractivity (Wildman–Crippen MR) is 63.5 cm³/mol. The fourth-order valence-electron chi connectivity index (χ4n) is 1.10. The minimum Gasteiger partial charge on any atom is -0.382 e.